The van der Waals surface area contributed by atoms with Crippen molar-refractivity contribution < 1.29 is 15.3 Å². The Hall–Kier alpha value is -2.31. The third kappa shape index (κ3) is 4.12. The van der Waals surface area contributed by atoms with Crippen LogP contribution in [0.25, 0.3) is 0 Å². The molecule has 0 radical (unpaired) electrons. The number of nitrogens with zero attached hydrogens (tertiary/aromatic N) is 2. The van der Waals surface area contributed by atoms with Gasteiger partial charge in [-0.25, -0.2) is 0 Å². The summed E-state index contributed by atoms with van der Waals surface area (Å²) in [6.45, 7) is 0.633. The van der Waals surface area contributed by atoms with Gasteiger partial charge in [0, 0.05) is 24.8 Å². The van der Waals surface area contributed by atoms with E-state index >= 15 is 0 Å². The van der Waals surface area contributed by atoms with Crippen LogP contribution < -0.4 is 5.43 Å². The minimum absolute atomic E-state index is 0.207. The molecular formula is C17H22N2O4. The summed E-state index contributed by atoms with van der Waals surface area (Å²) in [5, 5.41) is 29.0. The molecule has 0 bridgehead atoms. The Kier molecular flexibility index (Phi) is 5.41. The average Bonchev–Trinajstić information content (AvgIpc) is 2.52. The van der Waals surface area contributed by atoms with Crippen LogP contribution in [0.2, 0.25) is 0 Å². The first kappa shape index (κ1) is 17.1. The first-order valence-electron chi connectivity index (χ1n) is 7.40. The molecule has 1 aromatic carbocycles. The fourth-order valence-electron chi connectivity index (χ4n) is 2.51. The van der Waals surface area contributed by atoms with E-state index in [0.717, 1.165) is 5.56 Å². The predicted molar refractivity (Wildman–Crippen MR) is 87.5 cm³/mol. The van der Waals surface area contributed by atoms with Crippen molar-refractivity contribution in [1.29, 1.82) is 0 Å². The number of aryl methyl sites for hydroxylation is 1. The molecule has 2 rings (SSSR count). The Balaban J connectivity index is 2.36. The Morgan fingerprint density at radius 2 is 1.78 bits per heavy atom. The lowest BCUT2D eigenvalue weighted by molar-refractivity contribution is 0.264. The minimum atomic E-state index is -0.480. The fourth-order valence-corrected chi connectivity index (χ4v) is 2.51. The zero-order valence-electron chi connectivity index (χ0n) is 13.4. The van der Waals surface area contributed by atoms with Crippen LogP contribution in [0.5, 0.6) is 11.5 Å². The molecule has 0 aliphatic heterocycles. The molecule has 0 aliphatic rings. The van der Waals surface area contributed by atoms with Gasteiger partial charge in [-0.3, -0.25) is 4.79 Å². The van der Waals surface area contributed by atoms with E-state index in [1.807, 2.05) is 31.1 Å². The highest BCUT2D eigenvalue weighted by Gasteiger charge is 2.15. The summed E-state index contributed by atoms with van der Waals surface area (Å²) in [6, 6.07) is 8.15. The van der Waals surface area contributed by atoms with Gasteiger partial charge in [0.05, 0.1) is 12.3 Å². The first-order valence-corrected chi connectivity index (χ1v) is 7.40. The van der Waals surface area contributed by atoms with Crippen molar-refractivity contribution in [3.05, 3.63) is 57.5 Å². The summed E-state index contributed by atoms with van der Waals surface area (Å²) in [4.78, 5) is 13.7. The van der Waals surface area contributed by atoms with Crippen LogP contribution in [0.15, 0.2) is 35.1 Å². The lowest BCUT2D eigenvalue weighted by Crippen LogP contribution is -2.23. The lowest BCUT2D eigenvalue weighted by Gasteiger charge is -2.21. The number of aliphatic hydroxyl groups is 1. The van der Waals surface area contributed by atoms with Crippen molar-refractivity contribution in [3.8, 4) is 11.5 Å². The van der Waals surface area contributed by atoms with Crippen LogP contribution in [0.1, 0.15) is 17.0 Å². The molecule has 0 amide bonds. The third-order valence-corrected chi connectivity index (χ3v) is 3.67. The summed E-state index contributed by atoms with van der Waals surface area (Å²) >= 11 is 0. The second-order valence-electron chi connectivity index (χ2n) is 5.76. The van der Waals surface area contributed by atoms with Gasteiger partial charge in [-0.2, -0.15) is 0 Å². The highest BCUT2D eigenvalue weighted by molar-refractivity contribution is 5.31. The molecule has 3 N–H and O–H groups in total. The number of phenols is 1. The number of phenolic OH excluding ortho intramolecular Hbond substituents is 1. The van der Waals surface area contributed by atoms with E-state index < -0.39 is 5.43 Å². The number of aromatic nitrogens is 1. The van der Waals surface area contributed by atoms with E-state index in [1.54, 1.807) is 16.7 Å². The number of aromatic hydroxyl groups is 2. The van der Waals surface area contributed by atoms with Gasteiger partial charge in [0.25, 0.3) is 0 Å². The van der Waals surface area contributed by atoms with Gasteiger partial charge in [-0.05, 0) is 38.2 Å². The minimum Gasteiger partial charge on any atom is -0.508 e. The predicted octanol–water partition coefficient (Wildman–Crippen LogP) is 1.06. The summed E-state index contributed by atoms with van der Waals surface area (Å²) in [7, 11) is 3.69. The molecule has 0 spiro atoms. The van der Waals surface area contributed by atoms with Gasteiger partial charge in [0.1, 0.15) is 5.75 Å². The molecule has 0 saturated heterocycles. The second kappa shape index (κ2) is 7.30. The van der Waals surface area contributed by atoms with Crippen LogP contribution in [0, 0.1) is 0 Å². The molecule has 0 fully saturated rings. The average molecular weight is 318 g/mol. The smallest absolute Gasteiger partial charge is 0.223 e. The van der Waals surface area contributed by atoms with Crippen LogP contribution in [0.3, 0.4) is 0 Å². The molecular weight excluding hydrogens is 296 g/mol. The fraction of sp³-hybridized carbons (Fsp3) is 0.353. The van der Waals surface area contributed by atoms with Gasteiger partial charge in [-0.15, -0.1) is 0 Å². The van der Waals surface area contributed by atoms with Crippen molar-refractivity contribution >= 4 is 0 Å². The SMILES string of the molecule is CN(C)Cc1c(O)c(=O)cc(CO)n1CCc1ccc(O)cc1. The zero-order valence-corrected chi connectivity index (χ0v) is 13.4. The molecule has 0 saturated carbocycles. The van der Waals surface area contributed by atoms with Gasteiger partial charge in [0.15, 0.2) is 5.75 Å². The largest absolute Gasteiger partial charge is 0.508 e. The van der Waals surface area contributed by atoms with Crippen molar-refractivity contribution in [1.82, 2.24) is 9.47 Å². The third-order valence-electron chi connectivity index (χ3n) is 3.67. The first-order chi connectivity index (χ1) is 10.9. The summed E-state index contributed by atoms with van der Waals surface area (Å²) < 4.78 is 1.78. The van der Waals surface area contributed by atoms with E-state index in [9.17, 15) is 20.1 Å². The molecule has 1 aromatic heterocycles. The molecule has 1 heterocycles. The highest BCUT2D eigenvalue weighted by atomic mass is 16.3. The Bertz CT molecular complexity index is 721. The number of benzene rings is 1. The number of hydrogen-bond acceptors (Lipinski definition) is 5. The van der Waals surface area contributed by atoms with E-state index in [4.69, 9.17) is 0 Å². The maximum atomic E-state index is 11.8. The van der Waals surface area contributed by atoms with Gasteiger partial charge < -0.3 is 24.8 Å². The monoisotopic (exact) mass is 318 g/mol. The summed E-state index contributed by atoms with van der Waals surface area (Å²) in [5.41, 5.74) is 1.50. The van der Waals surface area contributed by atoms with Crippen molar-refractivity contribution in [3.63, 3.8) is 0 Å². The van der Waals surface area contributed by atoms with Crippen molar-refractivity contribution in [2.75, 3.05) is 14.1 Å². The van der Waals surface area contributed by atoms with Gasteiger partial charge in [-0.1, -0.05) is 12.1 Å². The van der Waals surface area contributed by atoms with Gasteiger partial charge in [0.2, 0.25) is 5.43 Å². The standard InChI is InChI=1S/C17H22N2O4/c1-18(2)10-15-17(23)16(22)9-13(11-20)19(15)8-7-12-3-5-14(21)6-4-12/h3-6,9,20-21,23H,7-8,10-11H2,1-2H3. The van der Waals surface area contributed by atoms with Crippen molar-refractivity contribution in [2.24, 2.45) is 0 Å². The number of pyridine rings is 1. The summed E-state index contributed by atoms with van der Waals surface area (Å²) in [6.07, 6.45) is 0.649. The maximum absolute atomic E-state index is 11.8. The van der Waals surface area contributed by atoms with Crippen LogP contribution in [0.4, 0.5) is 0 Å². The van der Waals surface area contributed by atoms with Gasteiger partial charge >= 0.3 is 0 Å². The van der Waals surface area contributed by atoms with Crippen LogP contribution >= 0.6 is 0 Å². The summed E-state index contributed by atoms with van der Waals surface area (Å²) in [5.74, 6) is -0.0688. The normalized spacial score (nSPS) is 11.1. The topological polar surface area (TPSA) is 85.9 Å². The lowest BCUT2D eigenvalue weighted by atomic mass is 10.1. The number of aliphatic hydroxyl groups excluding tert-OH is 1. The molecule has 124 valence electrons. The van der Waals surface area contributed by atoms with Crippen LogP contribution in [-0.4, -0.2) is 38.9 Å². The Morgan fingerprint density at radius 1 is 1.13 bits per heavy atom. The second-order valence-corrected chi connectivity index (χ2v) is 5.76. The van der Waals surface area contributed by atoms with E-state index in [2.05, 4.69) is 0 Å². The number of rotatable bonds is 6. The maximum Gasteiger partial charge on any atom is 0.223 e. The van der Waals surface area contributed by atoms with E-state index in [1.165, 1.54) is 6.07 Å². The molecule has 0 unspecified atom stereocenters. The zero-order chi connectivity index (χ0) is 17.0. The highest BCUT2D eigenvalue weighted by Crippen LogP contribution is 2.18. The Morgan fingerprint density at radius 3 is 2.35 bits per heavy atom. The van der Waals surface area contributed by atoms with E-state index in [-0.39, 0.29) is 18.1 Å². The molecule has 0 aliphatic carbocycles. The van der Waals surface area contributed by atoms with Crippen molar-refractivity contribution in [2.45, 2.75) is 26.1 Å². The molecule has 2 aromatic rings. The Labute approximate surface area is 134 Å². The van der Waals surface area contributed by atoms with E-state index in [0.29, 0.717) is 30.9 Å². The molecule has 6 nitrogen and oxygen atoms in total. The van der Waals surface area contributed by atoms with Crippen LogP contribution in [-0.2, 0) is 26.1 Å². The molecule has 6 heteroatoms. The molecule has 0 atom stereocenters. The molecule has 23 heavy (non-hydrogen) atoms. The quantitative estimate of drug-likeness (QED) is 0.741. The number of hydrogen-bond donors (Lipinski definition) is 3.